The van der Waals surface area contributed by atoms with E-state index in [4.69, 9.17) is 5.73 Å². The van der Waals surface area contributed by atoms with Gasteiger partial charge in [0, 0.05) is 10.9 Å². The second kappa shape index (κ2) is 8.21. The molecule has 6 heteroatoms. The highest BCUT2D eigenvalue weighted by molar-refractivity contribution is 6.00. The van der Waals surface area contributed by atoms with Crippen LogP contribution in [0.5, 0.6) is 5.75 Å². The number of carbonyl (C=O) groups is 1. The predicted molar refractivity (Wildman–Crippen MR) is 116 cm³/mol. The Hall–Kier alpha value is -3.93. The Kier molecular flexibility index (Phi) is 5.30. The Morgan fingerprint density at radius 2 is 1.60 bits per heavy atom. The van der Waals surface area contributed by atoms with Gasteiger partial charge >= 0.3 is 0 Å². The molecule has 0 aliphatic carbocycles. The number of aromatic nitrogens is 2. The van der Waals surface area contributed by atoms with Crippen molar-refractivity contribution in [2.24, 2.45) is 5.73 Å². The molecule has 0 bridgehead atoms. The van der Waals surface area contributed by atoms with Crippen LogP contribution in [0.4, 0.5) is 0 Å². The summed E-state index contributed by atoms with van der Waals surface area (Å²) in [5.74, 6) is -1.12. The Labute approximate surface area is 173 Å². The van der Waals surface area contributed by atoms with Crippen LogP contribution in [0.25, 0.3) is 10.9 Å². The minimum Gasteiger partial charge on any atom is -0.505 e. The molecule has 1 amide bonds. The highest BCUT2D eigenvalue weighted by Gasteiger charge is 2.18. The van der Waals surface area contributed by atoms with Crippen LogP contribution in [0.15, 0.2) is 77.7 Å². The van der Waals surface area contributed by atoms with Crippen molar-refractivity contribution in [1.82, 2.24) is 9.55 Å². The van der Waals surface area contributed by atoms with Crippen LogP contribution in [0.3, 0.4) is 0 Å². The number of fused-ring (bicyclic) bond motifs is 1. The van der Waals surface area contributed by atoms with E-state index in [9.17, 15) is 14.7 Å². The second-order valence-electron chi connectivity index (χ2n) is 7.15. The van der Waals surface area contributed by atoms with Crippen LogP contribution < -0.4 is 11.3 Å². The number of rotatable bonds is 6. The lowest BCUT2D eigenvalue weighted by Crippen LogP contribution is -2.25. The third-order valence-electron chi connectivity index (χ3n) is 5.14. The first-order valence-corrected chi connectivity index (χ1v) is 9.66. The molecule has 2 aromatic heterocycles. The fourth-order valence-electron chi connectivity index (χ4n) is 3.59. The fraction of sp³-hybridized carbons (Fsp3) is 0.125. The van der Waals surface area contributed by atoms with Gasteiger partial charge in [0.1, 0.15) is 0 Å². The Morgan fingerprint density at radius 3 is 2.23 bits per heavy atom. The molecular weight excluding hydrogens is 378 g/mol. The van der Waals surface area contributed by atoms with Crippen molar-refractivity contribution in [3.8, 4) is 5.75 Å². The maximum Gasteiger partial charge on any atom is 0.271 e. The minimum absolute atomic E-state index is 0.143. The van der Waals surface area contributed by atoms with Gasteiger partial charge in [0.05, 0.1) is 18.3 Å². The van der Waals surface area contributed by atoms with Crippen LogP contribution in [-0.2, 0) is 19.4 Å². The monoisotopic (exact) mass is 399 g/mol. The van der Waals surface area contributed by atoms with Crippen LogP contribution in [-0.4, -0.2) is 20.6 Å². The summed E-state index contributed by atoms with van der Waals surface area (Å²) in [6, 6.07) is 21.1. The molecule has 0 spiro atoms. The summed E-state index contributed by atoms with van der Waals surface area (Å²) < 4.78 is 1.59. The lowest BCUT2D eigenvalue weighted by molar-refractivity contribution is 0.0993. The zero-order valence-electron chi connectivity index (χ0n) is 16.3. The maximum absolute atomic E-state index is 13.3. The number of primary amides is 1. The normalized spacial score (nSPS) is 10.9. The number of aryl methyl sites for hydroxylation is 2. The zero-order valence-corrected chi connectivity index (χ0v) is 16.3. The minimum atomic E-state index is -0.818. The molecule has 30 heavy (non-hydrogen) atoms. The van der Waals surface area contributed by atoms with E-state index in [0.29, 0.717) is 35.9 Å². The fourth-order valence-corrected chi connectivity index (χ4v) is 3.59. The summed E-state index contributed by atoms with van der Waals surface area (Å²) in [5.41, 5.74) is 8.06. The molecule has 2 aromatic carbocycles. The van der Waals surface area contributed by atoms with Crippen LogP contribution >= 0.6 is 0 Å². The summed E-state index contributed by atoms with van der Waals surface area (Å²) in [6.07, 6.45) is 2.60. The lowest BCUT2D eigenvalue weighted by Gasteiger charge is -2.15. The summed E-state index contributed by atoms with van der Waals surface area (Å²) in [5, 5.41) is 11.0. The molecule has 0 radical (unpaired) electrons. The zero-order chi connectivity index (χ0) is 21.1. The van der Waals surface area contributed by atoms with E-state index >= 15 is 0 Å². The number of benzene rings is 2. The quantitative estimate of drug-likeness (QED) is 0.521. The van der Waals surface area contributed by atoms with E-state index in [2.05, 4.69) is 4.98 Å². The highest BCUT2D eigenvalue weighted by Crippen LogP contribution is 2.27. The standard InChI is InChI=1S/C24H21N3O3/c25-23(29)21-22(28)19-13-18(12-11-16-7-3-1-4-8-16)24(30)27(20(19)14-26-21)15-17-9-5-2-6-10-17/h1-10,13-14,28H,11-12,15H2,(H2,25,29). The molecule has 150 valence electrons. The molecule has 0 saturated carbocycles. The van der Waals surface area contributed by atoms with Gasteiger partial charge in [-0.1, -0.05) is 60.7 Å². The summed E-state index contributed by atoms with van der Waals surface area (Å²) in [6.45, 7) is 0.326. The molecule has 3 N–H and O–H groups in total. The second-order valence-corrected chi connectivity index (χ2v) is 7.15. The first-order chi connectivity index (χ1) is 14.5. The number of hydrogen-bond acceptors (Lipinski definition) is 4. The van der Waals surface area contributed by atoms with Crippen LogP contribution in [0.1, 0.15) is 27.2 Å². The third-order valence-corrected chi connectivity index (χ3v) is 5.14. The molecule has 2 heterocycles. The molecule has 0 fully saturated rings. The number of amides is 1. The first kappa shape index (κ1) is 19.4. The molecule has 0 aliphatic heterocycles. The highest BCUT2D eigenvalue weighted by atomic mass is 16.3. The van der Waals surface area contributed by atoms with Crippen LogP contribution in [0, 0.1) is 0 Å². The number of pyridine rings is 2. The largest absolute Gasteiger partial charge is 0.505 e. The van der Waals surface area contributed by atoms with Crippen molar-refractivity contribution in [2.45, 2.75) is 19.4 Å². The lowest BCUT2D eigenvalue weighted by atomic mass is 10.0. The van der Waals surface area contributed by atoms with E-state index in [1.165, 1.54) is 6.20 Å². The van der Waals surface area contributed by atoms with E-state index in [-0.39, 0.29) is 17.0 Å². The van der Waals surface area contributed by atoms with Crippen LogP contribution in [0.2, 0.25) is 0 Å². The van der Waals surface area contributed by atoms with Gasteiger partial charge in [0.2, 0.25) is 0 Å². The SMILES string of the molecule is NC(=O)c1ncc2c(cc(CCc3ccccc3)c(=O)n2Cc2ccccc2)c1O. The van der Waals surface area contributed by atoms with Crippen molar-refractivity contribution in [1.29, 1.82) is 0 Å². The Bertz CT molecular complexity index is 1270. The summed E-state index contributed by atoms with van der Waals surface area (Å²) in [4.78, 5) is 28.9. The molecule has 6 nitrogen and oxygen atoms in total. The molecule has 4 rings (SSSR count). The molecule has 0 unspecified atom stereocenters. The third kappa shape index (κ3) is 3.80. The summed E-state index contributed by atoms with van der Waals surface area (Å²) >= 11 is 0. The van der Waals surface area contributed by atoms with Gasteiger partial charge < -0.3 is 15.4 Å². The van der Waals surface area contributed by atoms with Gasteiger partial charge in [-0.05, 0) is 30.0 Å². The Morgan fingerprint density at radius 1 is 0.967 bits per heavy atom. The van der Waals surface area contributed by atoms with Gasteiger partial charge in [-0.15, -0.1) is 0 Å². The van der Waals surface area contributed by atoms with E-state index in [0.717, 1.165) is 11.1 Å². The summed E-state index contributed by atoms with van der Waals surface area (Å²) in [7, 11) is 0. The molecular formula is C24H21N3O3. The molecule has 0 aliphatic rings. The van der Waals surface area contributed by atoms with Crippen molar-refractivity contribution in [2.75, 3.05) is 0 Å². The van der Waals surface area contributed by atoms with E-state index in [1.807, 2.05) is 60.7 Å². The number of hydrogen-bond donors (Lipinski definition) is 2. The van der Waals surface area contributed by atoms with Gasteiger partial charge in [-0.3, -0.25) is 9.59 Å². The van der Waals surface area contributed by atoms with Crippen molar-refractivity contribution in [3.05, 3.63) is 106 Å². The average Bonchev–Trinajstić information content (AvgIpc) is 2.76. The molecule has 0 saturated heterocycles. The van der Waals surface area contributed by atoms with Gasteiger partial charge in [-0.2, -0.15) is 0 Å². The van der Waals surface area contributed by atoms with Gasteiger partial charge in [0.25, 0.3) is 11.5 Å². The smallest absolute Gasteiger partial charge is 0.271 e. The number of nitrogens with two attached hydrogens (primary N) is 1. The van der Waals surface area contributed by atoms with E-state index in [1.54, 1.807) is 10.6 Å². The topological polar surface area (TPSA) is 98.2 Å². The number of carbonyl (C=O) groups excluding carboxylic acids is 1. The first-order valence-electron chi connectivity index (χ1n) is 9.66. The number of aromatic hydroxyl groups is 1. The van der Waals surface area contributed by atoms with Crippen molar-refractivity contribution in [3.63, 3.8) is 0 Å². The molecule has 0 atom stereocenters. The maximum atomic E-state index is 13.3. The predicted octanol–water partition coefficient (Wildman–Crippen LogP) is 3.03. The van der Waals surface area contributed by atoms with Gasteiger partial charge in [0.15, 0.2) is 11.4 Å². The molecule has 4 aromatic rings. The average molecular weight is 399 g/mol. The van der Waals surface area contributed by atoms with Crippen molar-refractivity contribution >= 4 is 16.8 Å². The number of nitrogens with zero attached hydrogens (tertiary/aromatic N) is 2. The van der Waals surface area contributed by atoms with E-state index < -0.39 is 5.91 Å². The Balaban J connectivity index is 1.85. The van der Waals surface area contributed by atoms with Gasteiger partial charge in [-0.25, -0.2) is 4.98 Å². The van der Waals surface area contributed by atoms with Crippen molar-refractivity contribution < 1.29 is 9.90 Å².